The Bertz CT molecular complexity index is 1570. The quantitative estimate of drug-likeness (QED) is 0.263. The second-order valence-electron chi connectivity index (χ2n) is 9.91. The number of amides is 1. The molecule has 1 aliphatic rings. The van der Waals surface area contributed by atoms with Gasteiger partial charge in [0.2, 0.25) is 5.91 Å². The highest BCUT2D eigenvalue weighted by Crippen LogP contribution is 2.29. The minimum absolute atomic E-state index is 0.114. The molecule has 5 aromatic rings. The Labute approximate surface area is 238 Å². The minimum atomic E-state index is 0.114. The zero-order valence-corrected chi connectivity index (χ0v) is 23.1. The molecule has 0 spiro atoms. The molecule has 2 aromatic heterocycles. The van der Waals surface area contributed by atoms with Gasteiger partial charge in [0, 0.05) is 50.3 Å². The molecule has 0 aliphatic carbocycles. The summed E-state index contributed by atoms with van der Waals surface area (Å²) in [6.07, 6.45) is 5.45. The van der Waals surface area contributed by atoms with E-state index < -0.39 is 0 Å². The normalized spacial score (nSPS) is 14.2. The molecule has 0 N–H and O–H groups in total. The average Bonchev–Trinajstić information content (AvgIpc) is 3.41. The number of carbonyl (C=O) groups excluding carboxylic acids is 1. The van der Waals surface area contributed by atoms with Crippen LogP contribution in [0.4, 0.5) is 0 Å². The summed E-state index contributed by atoms with van der Waals surface area (Å²) in [7, 11) is 0. The Kier molecular flexibility index (Phi) is 8.12. The number of hydrogen-bond donors (Lipinski definition) is 0. The number of ether oxygens (including phenoxy) is 2. The monoisotopic (exact) mass is 549 g/mol. The van der Waals surface area contributed by atoms with Gasteiger partial charge < -0.3 is 14.4 Å². The van der Waals surface area contributed by atoms with Crippen LogP contribution in [0.2, 0.25) is 0 Å². The SMILES string of the molecule is O=C(CCc1nc2ccccc2s1)N1CCOCCOc2ccc(-c3cccnc3)cc2Cc2cccc(c2)C1. The summed E-state index contributed by atoms with van der Waals surface area (Å²) in [4.78, 5) is 24.3. The number of hydrogen-bond acceptors (Lipinski definition) is 6. The van der Waals surface area contributed by atoms with Crippen LogP contribution in [0.25, 0.3) is 21.3 Å². The lowest BCUT2D eigenvalue weighted by molar-refractivity contribution is -0.132. The van der Waals surface area contributed by atoms with Crippen molar-refractivity contribution in [2.75, 3.05) is 26.4 Å². The fourth-order valence-corrected chi connectivity index (χ4v) is 5.99. The molecule has 3 heterocycles. The van der Waals surface area contributed by atoms with Crippen LogP contribution in [0.3, 0.4) is 0 Å². The molecular formula is C33H31N3O3S. The summed E-state index contributed by atoms with van der Waals surface area (Å²) in [5.74, 6) is 0.980. The van der Waals surface area contributed by atoms with E-state index in [0.717, 1.165) is 49.6 Å². The topological polar surface area (TPSA) is 64.6 Å². The molecule has 0 atom stereocenters. The first-order valence-electron chi connectivity index (χ1n) is 13.7. The van der Waals surface area contributed by atoms with Gasteiger partial charge in [-0.05, 0) is 52.6 Å². The Morgan fingerprint density at radius 3 is 2.73 bits per heavy atom. The van der Waals surface area contributed by atoms with E-state index in [1.54, 1.807) is 17.5 Å². The molecule has 1 aliphatic heterocycles. The number of aromatic nitrogens is 2. The van der Waals surface area contributed by atoms with Crippen molar-refractivity contribution in [3.63, 3.8) is 0 Å². The third-order valence-corrected chi connectivity index (χ3v) is 8.15. The van der Waals surface area contributed by atoms with E-state index in [4.69, 9.17) is 14.5 Å². The number of aryl methyl sites for hydroxylation is 1. The Hall–Kier alpha value is -4.07. The van der Waals surface area contributed by atoms with Crippen LogP contribution < -0.4 is 4.74 Å². The number of nitrogens with zero attached hydrogens (tertiary/aromatic N) is 3. The van der Waals surface area contributed by atoms with E-state index in [-0.39, 0.29) is 5.91 Å². The lowest BCUT2D eigenvalue weighted by Gasteiger charge is -2.24. The van der Waals surface area contributed by atoms with E-state index in [0.29, 0.717) is 45.8 Å². The number of rotatable bonds is 4. The smallest absolute Gasteiger partial charge is 0.223 e. The van der Waals surface area contributed by atoms with Gasteiger partial charge in [-0.3, -0.25) is 9.78 Å². The van der Waals surface area contributed by atoms with Gasteiger partial charge in [-0.25, -0.2) is 4.98 Å². The molecule has 3 aromatic carbocycles. The van der Waals surface area contributed by atoms with E-state index in [2.05, 4.69) is 53.5 Å². The molecule has 2 bridgehead atoms. The number of pyridine rings is 1. The summed E-state index contributed by atoms with van der Waals surface area (Å²) >= 11 is 1.66. The van der Waals surface area contributed by atoms with Crippen molar-refractivity contribution in [1.29, 1.82) is 0 Å². The van der Waals surface area contributed by atoms with Crippen LogP contribution in [-0.2, 0) is 28.9 Å². The lowest BCUT2D eigenvalue weighted by atomic mass is 9.98. The Morgan fingerprint density at radius 1 is 0.900 bits per heavy atom. The maximum absolute atomic E-state index is 13.4. The zero-order valence-electron chi connectivity index (χ0n) is 22.3. The van der Waals surface area contributed by atoms with Crippen LogP contribution in [0.1, 0.15) is 28.1 Å². The van der Waals surface area contributed by atoms with Crippen molar-refractivity contribution >= 4 is 27.5 Å². The number of thiazole rings is 1. The molecular weight excluding hydrogens is 518 g/mol. The van der Waals surface area contributed by atoms with Crippen LogP contribution >= 0.6 is 11.3 Å². The van der Waals surface area contributed by atoms with E-state index >= 15 is 0 Å². The fourth-order valence-electron chi connectivity index (χ4n) is 5.03. The van der Waals surface area contributed by atoms with Gasteiger partial charge in [0.1, 0.15) is 12.4 Å². The summed E-state index contributed by atoms with van der Waals surface area (Å²) in [5.41, 5.74) is 6.57. The van der Waals surface area contributed by atoms with Gasteiger partial charge in [-0.2, -0.15) is 0 Å². The third kappa shape index (κ3) is 6.38. The van der Waals surface area contributed by atoms with E-state index in [9.17, 15) is 4.79 Å². The molecule has 0 saturated heterocycles. The molecule has 1 amide bonds. The van der Waals surface area contributed by atoms with Crippen molar-refractivity contribution in [1.82, 2.24) is 14.9 Å². The van der Waals surface area contributed by atoms with Gasteiger partial charge in [0.25, 0.3) is 0 Å². The van der Waals surface area contributed by atoms with Gasteiger partial charge in [-0.15, -0.1) is 11.3 Å². The van der Waals surface area contributed by atoms with E-state index in [1.165, 1.54) is 5.56 Å². The van der Waals surface area contributed by atoms with Crippen LogP contribution in [-0.4, -0.2) is 47.1 Å². The predicted octanol–water partition coefficient (Wildman–Crippen LogP) is 6.32. The van der Waals surface area contributed by atoms with Crippen molar-refractivity contribution in [2.45, 2.75) is 25.8 Å². The molecule has 0 saturated carbocycles. The molecule has 40 heavy (non-hydrogen) atoms. The van der Waals surface area contributed by atoms with Gasteiger partial charge in [-0.1, -0.05) is 48.5 Å². The summed E-state index contributed by atoms with van der Waals surface area (Å²) in [6, 6.07) is 26.9. The minimum Gasteiger partial charge on any atom is -0.491 e. The number of carbonyl (C=O) groups is 1. The Morgan fingerprint density at radius 2 is 1.82 bits per heavy atom. The fraction of sp³-hybridized carbons (Fsp3) is 0.242. The third-order valence-electron chi connectivity index (χ3n) is 7.05. The molecule has 0 fully saturated rings. The van der Waals surface area contributed by atoms with Crippen molar-refractivity contribution in [3.8, 4) is 16.9 Å². The molecule has 0 unspecified atom stereocenters. The van der Waals surface area contributed by atoms with Crippen LogP contribution in [0.5, 0.6) is 5.75 Å². The van der Waals surface area contributed by atoms with Crippen molar-refractivity contribution < 1.29 is 14.3 Å². The lowest BCUT2D eigenvalue weighted by Crippen LogP contribution is -2.34. The second-order valence-corrected chi connectivity index (χ2v) is 11.0. The molecule has 6 nitrogen and oxygen atoms in total. The van der Waals surface area contributed by atoms with E-state index in [1.807, 2.05) is 41.4 Å². The largest absolute Gasteiger partial charge is 0.491 e. The van der Waals surface area contributed by atoms with Crippen molar-refractivity contribution in [2.24, 2.45) is 0 Å². The maximum Gasteiger partial charge on any atom is 0.223 e. The van der Waals surface area contributed by atoms with Crippen LogP contribution in [0, 0.1) is 0 Å². The highest BCUT2D eigenvalue weighted by molar-refractivity contribution is 7.18. The van der Waals surface area contributed by atoms with Gasteiger partial charge in [0.05, 0.1) is 28.4 Å². The first kappa shape index (κ1) is 26.2. The maximum atomic E-state index is 13.4. The zero-order chi connectivity index (χ0) is 27.1. The van der Waals surface area contributed by atoms with Gasteiger partial charge >= 0.3 is 0 Å². The number of benzene rings is 3. The highest BCUT2D eigenvalue weighted by atomic mass is 32.1. The summed E-state index contributed by atoms with van der Waals surface area (Å²) in [5, 5.41) is 0.997. The second kappa shape index (κ2) is 12.4. The molecule has 0 radical (unpaired) electrons. The Balaban J connectivity index is 1.20. The molecule has 202 valence electrons. The number of para-hydroxylation sites is 1. The summed E-state index contributed by atoms with van der Waals surface area (Å²) < 4.78 is 13.2. The predicted molar refractivity (Wildman–Crippen MR) is 159 cm³/mol. The molecule has 7 heteroatoms. The number of fused-ring (bicyclic) bond motifs is 4. The van der Waals surface area contributed by atoms with Crippen LogP contribution in [0.15, 0.2) is 91.3 Å². The standard InChI is InChI=1S/C33H31N3O3S/c37-33(13-12-32-35-29-8-1-2-9-31(29)40-32)36-15-16-38-17-18-39-30-11-10-26(27-7-4-14-34-22-27)21-28(30)20-24-5-3-6-25(19-24)23-36/h1-11,14,19,21-22H,12-13,15-18,20,23H2. The first-order chi connectivity index (χ1) is 19.7. The summed E-state index contributed by atoms with van der Waals surface area (Å²) in [6.45, 7) is 2.46. The first-order valence-corrected chi connectivity index (χ1v) is 14.5. The average molecular weight is 550 g/mol. The molecule has 6 rings (SSSR count). The van der Waals surface area contributed by atoms with Gasteiger partial charge in [0.15, 0.2) is 0 Å². The highest BCUT2D eigenvalue weighted by Gasteiger charge is 2.17. The van der Waals surface area contributed by atoms with Crippen molar-refractivity contribution in [3.05, 3.63) is 113 Å².